The number of hydrogen-bond donors (Lipinski definition) is 1. The average Bonchev–Trinajstić information content (AvgIpc) is 2.14. The van der Waals surface area contributed by atoms with Crippen molar-refractivity contribution in [3.8, 4) is 5.75 Å². The van der Waals surface area contributed by atoms with Gasteiger partial charge in [0.25, 0.3) is 0 Å². The fourth-order valence-electron chi connectivity index (χ4n) is 1.41. The SMILES string of the molecule is CC(C)c1cccc(C=NC(C)(C)C)c1O. The third kappa shape index (κ3) is 3.37. The van der Waals surface area contributed by atoms with Crippen LogP contribution in [0.15, 0.2) is 23.2 Å². The second-order valence-corrected chi connectivity index (χ2v) is 5.37. The van der Waals surface area contributed by atoms with E-state index in [9.17, 15) is 5.11 Å². The van der Waals surface area contributed by atoms with E-state index in [4.69, 9.17) is 0 Å². The highest BCUT2D eigenvalue weighted by Gasteiger charge is 2.10. The Hall–Kier alpha value is -1.31. The molecule has 2 heteroatoms. The number of phenols is 1. The van der Waals surface area contributed by atoms with Crippen LogP contribution in [0, 0.1) is 0 Å². The van der Waals surface area contributed by atoms with Crippen molar-refractivity contribution in [3.63, 3.8) is 0 Å². The number of rotatable bonds is 2. The molecule has 0 bridgehead atoms. The molecule has 0 aliphatic rings. The van der Waals surface area contributed by atoms with Crippen molar-refractivity contribution in [3.05, 3.63) is 29.3 Å². The Labute approximate surface area is 98.0 Å². The van der Waals surface area contributed by atoms with Gasteiger partial charge in [0.15, 0.2) is 0 Å². The molecule has 0 unspecified atom stereocenters. The van der Waals surface area contributed by atoms with E-state index in [2.05, 4.69) is 18.8 Å². The molecule has 0 saturated heterocycles. The monoisotopic (exact) mass is 219 g/mol. The lowest BCUT2D eigenvalue weighted by molar-refractivity contribution is 0.464. The molecular weight excluding hydrogens is 198 g/mol. The molecule has 1 aromatic carbocycles. The maximum absolute atomic E-state index is 10.1. The standard InChI is InChI=1S/C14H21NO/c1-10(2)12-8-6-7-11(13(12)16)9-15-14(3,4)5/h6-10,16H,1-5H3. The molecular formula is C14H21NO. The van der Waals surface area contributed by atoms with Crippen LogP contribution < -0.4 is 0 Å². The van der Waals surface area contributed by atoms with Gasteiger partial charge in [-0.05, 0) is 38.3 Å². The number of benzene rings is 1. The van der Waals surface area contributed by atoms with E-state index in [0.29, 0.717) is 11.7 Å². The Morgan fingerprint density at radius 2 is 1.88 bits per heavy atom. The zero-order chi connectivity index (χ0) is 12.3. The fourth-order valence-corrected chi connectivity index (χ4v) is 1.41. The lowest BCUT2D eigenvalue weighted by atomic mass is 9.99. The van der Waals surface area contributed by atoms with Crippen molar-refractivity contribution in [1.29, 1.82) is 0 Å². The number of phenolic OH excluding ortho intramolecular Hbond substituents is 1. The first-order chi connectivity index (χ1) is 7.31. The number of para-hydroxylation sites is 1. The second kappa shape index (κ2) is 4.69. The summed E-state index contributed by atoms with van der Waals surface area (Å²) in [5, 5.41) is 10.1. The minimum Gasteiger partial charge on any atom is -0.507 e. The summed E-state index contributed by atoms with van der Waals surface area (Å²) >= 11 is 0. The van der Waals surface area contributed by atoms with E-state index in [0.717, 1.165) is 11.1 Å². The molecule has 0 aliphatic carbocycles. The zero-order valence-corrected chi connectivity index (χ0v) is 10.8. The molecule has 0 aliphatic heterocycles. The minimum absolute atomic E-state index is 0.111. The largest absolute Gasteiger partial charge is 0.507 e. The van der Waals surface area contributed by atoms with Gasteiger partial charge in [-0.2, -0.15) is 0 Å². The van der Waals surface area contributed by atoms with Crippen LogP contribution in [0.4, 0.5) is 0 Å². The van der Waals surface area contributed by atoms with E-state index in [1.165, 1.54) is 0 Å². The van der Waals surface area contributed by atoms with Crippen molar-refractivity contribution in [1.82, 2.24) is 0 Å². The third-order valence-corrected chi connectivity index (χ3v) is 2.31. The lowest BCUT2D eigenvalue weighted by Gasteiger charge is -2.13. The predicted molar refractivity (Wildman–Crippen MR) is 69.5 cm³/mol. The van der Waals surface area contributed by atoms with Gasteiger partial charge in [-0.25, -0.2) is 0 Å². The molecule has 2 nitrogen and oxygen atoms in total. The van der Waals surface area contributed by atoms with Gasteiger partial charge in [-0.1, -0.05) is 26.0 Å². The first-order valence-electron chi connectivity index (χ1n) is 5.68. The topological polar surface area (TPSA) is 32.6 Å². The van der Waals surface area contributed by atoms with Gasteiger partial charge in [0.1, 0.15) is 5.75 Å². The summed E-state index contributed by atoms with van der Waals surface area (Å²) in [6.45, 7) is 10.2. The van der Waals surface area contributed by atoms with Gasteiger partial charge >= 0.3 is 0 Å². The summed E-state index contributed by atoms with van der Waals surface area (Å²) in [7, 11) is 0. The van der Waals surface area contributed by atoms with E-state index >= 15 is 0 Å². The molecule has 0 fully saturated rings. The van der Waals surface area contributed by atoms with Crippen LogP contribution in [0.2, 0.25) is 0 Å². The van der Waals surface area contributed by atoms with Crippen molar-refractivity contribution < 1.29 is 5.11 Å². The molecule has 0 amide bonds. The third-order valence-electron chi connectivity index (χ3n) is 2.31. The van der Waals surface area contributed by atoms with Crippen LogP contribution in [0.5, 0.6) is 5.75 Å². The highest BCUT2D eigenvalue weighted by atomic mass is 16.3. The van der Waals surface area contributed by atoms with Crippen molar-refractivity contribution in [2.45, 2.75) is 46.1 Å². The molecule has 16 heavy (non-hydrogen) atoms. The Kier molecular flexibility index (Phi) is 3.74. The molecule has 0 aromatic heterocycles. The maximum atomic E-state index is 10.1. The van der Waals surface area contributed by atoms with Crippen molar-refractivity contribution in [2.24, 2.45) is 4.99 Å². The summed E-state index contributed by atoms with van der Waals surface area (Å²) in [6, 6.07) is 5.80. The summed E-state index contributed by atoms with van der Waals surface area (Å²) < 4.78 is 0. The number of hydrogen-bond acceptors (Lipinski definition) is 2. The van der Waals surface area contributed by atoms with Crippen molar-refractivity contribution >= 4 is 6.21 Å². The minimum atomic E-state index is -0.111. The van der Waals surface area contributed by atoms with Crippen LogP contribution in [0.3, 0.4) is 0 Å². The lowest BCUT2D eigenvalue weighted by Crippen LogP contribution is -2.09. The summed E-state index contributed by atoms with van der Waals surface area (Å²) in [5.74, 6) is 0.675. The van der Waals surface area contributed by atoms with Gasteiger partial charge in [0.05, 0.1) is 5.54 Å². The second-order valence-electron chi connectivity index (χ2n) is 5.37. The van der Waals surface area contributed by atoms with Crippen molar-refractivity contribution in [2.75, 3.05) is 0 Å². The van der Waals surface area contributed by atoms with Gasteiger partial charge < -0.3 is 5.11 Å². The van der Waals surface area contributed by atoms with Gasteiger partial charge in [0.2, 0.25) is 0 Å². The Balaban J connectivity index is 3.07. The first kappa shape index (κ1) is 12.8. The van der Waals surface area contributed by atoms with Gasteiger partial charge in [-0.3, -0.25) is 4.99 Å². The highest BCUT2D eigenvalue weighted by Crippen LogP contribution is 2.28. The van der Waals surface area contributed by atoms with Crippen LogP contribution >= 0.6 is 0 Å². The average molecular weight is 219 g/mol. The molecule has 1 N–H and O–H groups in total. The molecule has 0 heterocycles. The summed E-state index contributed by atoms with van der Waals surface area (Å²) in [5.41, 5.74) is 1.65. The van der Waals surface area contributed by atoms with E-state index < -0.39 is 0 Å². The Bertz CT molecular complexity index is 386. The molecule has 1 aromatic rings. The Morgan fingerprint density at radius 3 is 2.38 bits per heavy atom. The molecule has 0 spiro atoms. The quantitative estimate of drug-likeness (QED) is 0.755. The normalized spacial score (nSPS) is 12.6. The predicted octanol–water partition coefficient (Wildman–Crippen LogP) is 3.73. The van der Waals surface area contributed by atoms with Gasteiger partial charge in [-0.15, -0.1) is 0 Å². The highest BCUT2D eigenvalue weighted by molar-refractivity contribution is 5.84. The van der Waals surface area contributed by atoms with E-state index in [1.807, 2.05) is 39.0 Å². The van der Waals surface area contributed by atoms with E-state index in [-0.39, 0.29) is 5.54 Å². The number of aliphatic imine (C=N–C) groups is 1. The van der Waals surface area contributed by atoms with Crippen LogP contribution in [0.1, 0.15) is 51.7 Å². The van der Waals surface area contributed by atoms with Crippen LogP contribution in [-0.4, -0.2) is 16.9 Å². The summed E-state index contributed by atoms with van der Waals surface area (Å²) in [4.78, 5) is 4.40. The molecule has 88 valence electrons. The van der Waals surface area contributed by atoms with Crippen LogP contribution in [0.25, 0.3) is 0 Å². The first-order valence-corrected chi connectivity index (χ1v) is 5.68. The molecule has 0 saturated carbocycles. The zero-order valence-electron chi connectivity index (χ0n) is 10.8. The molecule has 1 rings (SSSR count). The van der Waals surface area contributed by atoms with Crippen LogP contribution in [-0.2, 0) is 0 Å². The molecule has 0 radical (unpaired) electrons. The number of aromatic hydroxyl groups is 1. The van der Waals surface area contributed by atoms with Gasteiger partial charge in [0, 0.05) is 11.8 Å². The van der Waals surface area contributed by atoms with E-state index in [1.54, 1.807) is 6.21 Å². The molecule has 0 atom stereocenters. The smallest absolute Gasteiger partial charge is 0.127 e. The number of nitrogens with zero attached hydrogens (tertiary/aromatic N) is 1. The Morgan fingerprint density at radius 1 is 1.25 bits per heavy atom. The summed E-state index contributed by atoms with van der Waals surface area (Å²) in [6.07, 6.45) is 1.75. The fraction of sp³-hybridized carbons (Fsp3) is 0.500. The maximum Gasteiger partial charge on any atom is 0.127 e.